The van der Waals surface area contributed by atoms with Gasteiger partial charge in [-0.2, -0.15) is 15.8 Å². The molecule has 0 aliphatic rings. The summed E-state index contributed by atoms with van der Waals surface area (Å²) in [6, 6.07) is 12.1. The van der Waals surface area contributed by atoms with E-state index >= 15 is 0 Å². The van der Waals surface area contributed by atoms with Crippen molar-refractivity contribution >= 4 is 51.1 Å². The van der Waals surface area contributed by atoms with Gasteiger partial charge in [-0.15, -0.1) is 0 Å². The number of hydrogen-bond donors (Lipinski definition) is 8. The monoisotopic (exact) mass is 914 g/mol. The Bertz CT molecular complexity index is 2970. The number of aliphatic hydroxyl groups is 3. The van der Waals surface area contributed by atoms with Gasteiger partial charge >= 0.3 is 17.1 Å². The van der Waals surface area contributed by atoms with E-state index in [0.717, 1.165) is 36.7 Å². The first-order valence-electron chi connectivity index (χ1n) is 17.7. The van der Waals surface area contributed by atoms with Gasteiger partial charge in [0.25, 0.3) is 0 Å². The van der Waals surface area contributed by atoms with Crippen LogP contribution in [0.2, 0.25) is 0 Å². The summed E-state index contributed by atoms with van der Waals surface area (Å²) in [5.74, 6) is -6.15. The number of phenols is 5. The topological polar surface area (TPSA) is 449 Å². The number of aliphatic hydroxyl groups excluding tert-OH is 3. The number of nitro benzene ring substituents is 3. The van der Waals surface area contributed by atoms with Gasteiger partial charge in [-0.05, 0) is 24.3 Å². The first-order chi connectivity index (χ1) is 31.9. The Morgan fingerprint density at radius 1 is 0.537 bits per heavy atom. The molecule has 0 bridgehead atoms. The average molecular weight is 915 g/mol. The molecule has 0 spiro atoms. The van der Waals surface area contributed by atoms with Gasteiger partial charge in [0, 0.05) is 65.9 Å². The third kappa shape index (κ3) is 11.3. The molecule has 67 heavy (non-hydrogen) atoms. The minimum absolute atomic E-state index is 0.0534. The molecular weight excluding hydrogens is 889 g/mol. The van der Waals surface area contributed by atoms with Crippen LogP contribution in [0.15, 0.2) is 92.2 Å². The third-order valence-electron chi connectivity index (χ3n) is 8.35. The molecule has 0 radical (unpaired) electrons. The van der Waals surface area contributed by atoms with E-state index in [-0.39, 0.29) is 56.2 Å². The largest absolute Gasteiger partial charge is 0.506 e. The van der Waals surface area contributed by atoms with E-state index < -0.39 is 77.9 Å². The number of benzene rings is 3. The molecule has 3 heterocycles. The molecule has 3 aromatic heterocycles. The van der Waals surface area contributed by atoms with Crippen molar-refractivity contribution in [1.82, 2.24) is 29.9 Å². The van der Waals surface area contributed by atoms with E-state index in [1.807, 2.05) is 0 Å². The second-order valence-corrected chi connectivity index (χ2v) is 12.3. The number of methoxy groups -OCH3 is 1. The number of aromatic hydroxyl groups is 5. The number of ether oxygens (including phenoxy) is 1. The predicted molar refractivity (Wildman–Crippen MR) is 225 cm³/mol. The number of nitrogens with zero attached hydrogens (tertiary/aromatic N) is 12. The van der Waals surface area contributed by atoms with Crippen molar-refractivity contribution < 1.29 is 60.4 Å². The molecule has 8 N–H and O–H groups in total. The van der Waals surface area contributed by atoms with Gasteiger partial charge in [-0.25, -0.2) is 9.97 Å². The highest BCUT2D eigenvalue weighted by atomic mass is 16.6. The maximum absolute atomic E-state index is 11.0. The number of nitriles is 3. The second-order valence-electron chi connectivity index (χ2n) is 12.3. The van der Waals surface area contributed by atoms with Crippen LogP contribution < -0.4 is 4.74 Å². The molecular formula is C40H26N12O15. The highest BCUT2D eigenvalue weighted by Gasteiger charge is 2.25. The summed E-state index contributed by atoms with van der Waals surface area (Å²) in [5, 5.41) is 138. The minimum Gasteiger partial charge on any atom is -0.506 e. The van der Waals surface area contributed by atoms with Crippen LogP contribution in [-0.2, 0) is 0 Å². The normalized spacial score (nSPS) is 11.4. The number of rotatable bonds is 10. The fraction of sp³-hybridized carbons (Fsp3) is 0.0250. The molecule has 0 saturated carbocycles. The smallest absolute Gasteiger partial charge is 0.315 e. The Kier molecular flexibility index (Phi) is 15.7. The van der Waals surface area contributed by atoms with Gasteiger partial charge < -0.3 is 45.6 Å². The molecule has 6 aromatic rings. The van der Waals surface area contributed by atoms with E-state index in [0.29, 0.717) is 0 Å². The lowest BCUT2D eigenvalue weighted by molar-refractivity contribution is -0.386. The van der Waals surface area contributed by atoms with E-state index in [2.05, 4.69) is 29.9 Å². The number of nitro groups is 3. The maximum atomic E-state index is 11.0. The van der Waals surface area contributed by atoms with Gasteiger partial charge in [-0.1, -0.05) is 0 Å². The summed E-state index contributed by atoms with van der Waals surface area (Å²) in [6.07, 6.45) is 10.4. The molecule has 0 saturated heterocycles. The van der Waals surface area contributed by atoms with Gasteiger partial charge in [0.05, 0.1) is 40.0 Å². The van der Waals surface area contributed by atoms with Crippen LogP contribution in [0.4, 0.5) is 17.1 Å². The van der Waals surface area contributed by atoms with Gasteiger partial charge in [0.15, 0.2) is 17.2 Å². The van der Waals surface area contributed by atoms with Gasteiger partial charge in [-0.3, -0.25) is 50.3 Å². The van der Waals surface area contributed by atoms with Crippen LogP contribution in [0.25, 0.3) is 34.0 Å². The minimum atomic E-state index is -0.931. The summed E-state index contributed by atoms with van der Waals surface area (Å²) >= 11 is 0. The van der Waals surface area contributed by atoms with Gasteiger partial charge in [0.2, 0.25) is 17.2 Å². The number of allylic oxidation sites excluding steroid dienone is 3. The van der Waals surface area contributed by atoms with E-state index in [1.165, 1.54) is 62.6 Å². The van der Waals surface area contributed by atoms with Crippen molar-refractivity contribution in [2.24, 2.45) is 0 Å². The number of hydrogen-bond acceptors (Lipinski definition) is 24. The first-order valence-corrected chi connectivity index (χ1v) is 17.7. The van der Waals surface area contributed by atoms with Crippen molar-refractivity contribution in [3.05, 3.63) is 156 Å². The average Bonchev–Trinajstić information content (AvgIpc) is 3.32. The zero-order chi connectivity index (χ0) is 49.5. The summed E-state index contributed by atoms with van der Waals surface area (Å²) < 4.78 is 4.85. The van der Waals surface area contributed by atoms with Gasteiger partial charge in [0.1, 0.15) is 69.9 Å². The van der Waals surface area contributed by atoms with Crippen LogP contribution in [0.3, 0.4) is 0 Å². The van der Waals surface area contributed by atoms with Crippen LogP contribution in [0, 0.1) is 64.3 Å². The predicted octanol–water partition coefficient (Wildman–Crippen LogP) is 5.54. The summed E-state index contributed by atoms with van der Waals surface area (Å²) in [4.78, 5) is 52.7. The standard InChI is InChI=1S/C14H10N4O5.2C13H8N4O5/c1-23-12-5-8(4-11(14(12)20)18(21)22)13(19)9(6-15)10-7-16-2-3-17-10;14-5-8(9-6-15-1-2-16-9)12(19)7-3-10(17(21)22)13(20)11(18)4-7;14-5-8(9-1-2-15-6-16-9)12(19)7-3-10(17(21)22)13(20)11(18)4-7/h2-5,7,19-20H,1H3;2*1-4,6,18-20H/b13-9-;2*12-8-. The molecule has 336 valence electrons. The first kappa shape index (κ1) is 48.7. The van der Waals surface area contributed by atoms with Crippen LogP contribution in [0.5, 0.6) is 34.5 Å². The Hall–Kier alpha value is -11.0. The van der Waals surface area contributed by atoms with E-state index in [9.17, 15) is 76.5 Å². The molecule has 6 rings (SSSR count). The fourth-order valence-corrected chi connectivity index (χ4v) is 5.21. The molecule has 0 aliphatic carbocycles. The number of phenolic OH excluding ortho intramolecular Hbond substituents is 5. The lowest BCUT2D eigenvalue weighted by Gasteiger charge is -2.08. The van der Waals surface area contributed by atoms with E-state index in [1.54, 1.807) is 18.2 Å². The summed E-state index contributed by atoms with van der Waals surface area (Å²) in [7, 11) is 1.21. The maximum Gasteiger partial charge on any atom is 0.315 e. The zero-order valence-electron chi connectivity index (χ0n) is 33.5. The Balaban J connectivity index is 0.000000219. The molecule has 0 unspecified atom stereocenters. The Labute approximate surface area is 372 Å². The highest BCUT2D eigenvalue weighted by molar-refractivity contribution is 5.95. The van der Waals surface area contributed by atoms with Crippen molar-refractivity contribution in [1.29, 1.82) is 15.8 Å². The molecule has 0 amide bonds. The molecule has 27 nitrogen and oxygen atoms in total. The molecule has 0 aliphatic heterocycles. The molecule has 27 heteroatoms. The van der Waals surface area contributed by atoms with E-state index in [4.69, 9.17) is 15.3 Å². The molecule has 3 aromatic carbocycles. The Morgan fingerprint density at radius 2 is 0.925 bits per heavy atom. The lowest BCUT2D eigenvalue weighted by Crippen LogP contribution is -1.97. The zero-order valence-corrected chi connectivity index (χ0v) is 33.5. The highest BCUT2D eigenvalue weighted by Crippen LogP contribution is 2.41. The molecule has 0 atom stereocenters. The lowest BCUT2D eigenvalue weighted by atomic mass is 10.0. The van der Waals surface area contributed by atoms with Crippen LogP contribution >= 0.6 is 0 Å². The second kappa shape index (κ2) is 21.7. The quantitative estimate of drug-likeness (QED) is 0.0275. The van der Waals surface area contributed by atoms with Crippen LogP contribution in [-0.4, -0.2) is 92.6 Å². The summed E-state index contributed by atoms with van der Waals surface area (Å²) in [5.41, 5.74) is -3.30. The Morgan fingerprint density at radius 3 is 1.25 bits per heavy atom. The fourth-order valence-electron chi connectivity index (χ4n) is 5.21. The van der Waals surface area contributed by atoms with Crippen molar-refractivity contribution in [2.45, 2.75) is 0 Å². The molecule has 0 fully saturated rings. The third-order valence-corrected chi connectivity index (χ3v) is 8.35. The van der Waals surface area contributed by atoms with Crippen LogP contribution in [0.1, 0.15) is 33.8 Å². The summed E-state index contributed by atoms with van der Waals surface area (Å²) in [6.45, 7) is 0. The number of aromatic nitrogens is 6. The van der Waals surface area contributed by atoms with Crippen molar-refractivity contribution in [3.63, 3.8) is 0 Å². The SMILES string of the molecule is COc1cc(/C(O)=C(\C#N)c2cnccn2)cc([N+](=O)[O-])c1O.N#C/C(=C(/O)c1cc(O)c(O)c([N+](=O)[O-])c1)c1ccncn1.N#C/C(=C(/O)c1cc(O)c(O)c([N+](=O)[O-])c1)c1cnccn1. The van der Waals surface area contributed by atoms with Crippen molar-refractivity contribution in [2.75, 3.05) is 7.11 Å². The van der Waals surface area contributed by atoms with Crippen molar-refractivity contribution in [3.8, 4) is 52.7 Å².